The summed E-state index contributed by atoms with van der Waals surface area (Å²) in [6.07, 6.45) is -0.623. The lowest BCUT2D eigenvalue weighted by atomic mass is 10.2. The fraction of sp³-hybridized carbons (Fsp3) is 0.125. The van der Waals surface area contributed by atoms with Crippen LogP contribution >= 0.6 is 0 Å². The highest BCUT2D eigenvalue weighted by Gasteiger charge is 2.09. The summed E-state index contributed by atoms with van der Waals surface area (Å²) in [5, 5.41) is 2.56. The summed E-state index contributed by atoms with van der Waals surface area (Å²) in [6, 6.07) is 15.2. The van der Waals surface area contributed by atoms with E-state index in [1.54, 1.807) is 49.4 Å². The maximum Gasteiger partial charge on any atom is 0.417 e. The minimum absolute atomic E-state index is 0.298. The van der Waals surface area contributed by atoms with Gasteiger partial charge in [0.25, 0.3) is 0 Å². The molecule has 0 radical (unpaired) electrons. The van der Waals surface area contributed by atoms with Crippen LogP contribution in [-0.2, 0) is 4.74 Å². The van der Waals surface area contributed by atoms with Gasteiger partial charge >= 0.3 is 12.1 Å². The molecule has 0 atom stereocenters. The molecule has 1 amide bonds. The molecule has 0 saturated carbocycles. The number of esters is 1. The fourth-order valence-corrected chi connectivity index (χ4v) is 1.68. The second-order valence-corrected chi connectivity index (χ2v) is 4.13. The average Bonchev–Trinajstić information content (AvgIpc) is 2.48. The number of hydrogen-bond donors (Lipinski definition) is 1. The lowest BCUT2D eigenvalue weighted by molar-refractivity contribution is 0.0526. The first-order valence-electron chi connectivity index (χ1n) is 6.50. The molecular weight excluding hydrogens is 270 g/mol. The van der Waals surface area contributed by atoms with Crippen LogP contribution in [0.5, 0.6) is 5.75 Å². The van der Waals surface area contributed by atoms with Crippen molar-refractivity contribution >= 4 is 17.7 Å². The zero-order chi connectivity index (χ0) is 15.1. The Balaban J connectivity index is 2.01. The second-order valence-electron chi connectivity index (χ2n) is 4.13. The number of carbonyl (C=O) groups is 2. The van der Waals surface area contributed by atoms with Crippen LogP contribution in [0.15, 0.2) is 54.6 Å². The molecule has 5 nitrogen and oxygen atoms in total. The quantitative estimate of drug-likeness (QED) is 0.873. The third-order valence-electron chi connectivity index (χ3n) is 2.57. The van der Waals surface area contributed by atoms with Gasteiger partial charge in [0.15, 0.2) is 0 Å². The van der Waals surface area contributed by atoms with Crippen molar-refractivity contribution in [1.29, 1.82) is 0 Å². The van der Waals surface area contributed by atoms with Gasteiger partial charge in [0.1, 0.15) is 5.75 Å². The van der Waals surface area contributed by atoms with E-state index in [1.807, 2.05) is 6.07 Å². The van der Waals surface area contributed by atoms with Gasteiger partial charge in [0, 0.05) is 5.69 Å². The number of hydrogen-bond acceptors (Lipinski definition) is 4. The summed E-state index contributed by atoms with van der Waals surface area (Å²) in [5.41, 5.74) is 0.829. The smallest absolute Gasteiger partial charge is 0.417 e. The molecule has 108 valence electrons. The lowest BCUT2D eigenvalue weighted by Gasteiger charge is -2.08. The van der Waals surface area contributed by atoms with E-state index >= 15 is 0 Å². The van der Waals surface area contributed by atoms with Crippen LogP contribution in [0.25, 0.3) is 0 Å². The van der Waals surface area contributed by atoms with Crippen molar-refractivity contribution in [2.75, 3.05) is 11.9 Å². The SMILES string of the molecule is CCOC(=O)c1cccc(NC(=O)Oc2ccccc2)c1. The van der Waals surface area contributed by atoms with Gasteiger partial charge in [-0.1, -0.05) is 24.3 Å². The number of carbonyl (C=O) groups excluding carboxylic acids is 2. The van der Waals surface area contributed by atoms with E-state index in [0.717, 1.165) is 0 Å². The van der Waals surface area contributed by atoms with Crippen LogP contribution in [0.2, 0.25) is 0 Å². The summed E-state index contributed by atoms with van der Waals surface area (Å²) < 4.78 is 10.0. The number of para-hydroxylation sites is 1. The van der Waals surface area contributed by atoms with Gasteiger partial charge in [-0.15, -0.1) is 0 Å². The van der Waals surface area contributed by atoms with Crippen molar-refractivity contribution in [1.82, 2.24) is 0 Å². The van der Waals surface area contributed by atoms with E-state index in [9.17, 15) is 9.59 Å². The van der Waals surface area contributed by atoms with Gasteiger partial charge < -0.3 is 9.47 Å². The molecule has 2 aromatic rings. The summed E-state index contributed by atoms with van der Waals surface area (Å²) >= 11 is 0. The summed E-state index contributed by atoms with van der Waals surface area (Å²) in [4.78, 5) is 23.3. The predicted molar refractivity (Wildman–Crippen MR) is 78.5 cm³/mol. The third-order valence-corrected chi connectivity index (χ3v) is 2.57. The van der Waals surface area contributed by atoms with Gasteiger partial charge in [0.2, 0.25) is 0 Å². The normalized spacial score (nSPS) is 9.76. The molecule has 0 fully saturated rings. The molecule has 1 N–H and O–H groups in total. The number of nitrogens with one attached hydrogen (secondary N) is 1. The number of rotatable bonds is 4. The van der Waals surface area contributed by atoms with E-state index in [2.05, 4.69) is 5.32 Å². The van der Waals surface area contributed by atoms with Crippen molar-refractivity contribution in [2.24, 2.45) is 0 Å². The largest absolute Gasteiger partial charge is 0.462 e. The number of amides is 1. The number of ether oxygens (including phenoxy) is 2. The molecule has 0 aliphatic rings. The van der Waals surface area contributed by atoms with Gasteiger partial charge in [-0.05, 0) is 37.3 Å². The molecule has 21 heavy (non-hydrogen) atoms. The number of anilines is 1. The van der Waals surface area contributed by atoms with E-state index in [-0.39, 0.29) is 0 Å². The summed E-state index contributed by atoms with van der Waals surface area (Å²) in [5.74, 6) is 0.00845. The Morgan fingerprint density at radius 3 is 2.52 bits per heavy atom. The van der Waals surface area contributed by atoms with Crippen molar-refractivity contribution in [2.45, 2.75) is 6.92 Å². The van der Waals surface area contributed by atoms with Crippen LogP contribution in [0.1, 0.15) is 17.3 Å². The van der Waals surface area contributed by atoms with Crippen molar-refractivity contribution < 1.29 is 19.1 Å². The topological polar surface area (TPSA) is 64.6 Å². The van der Waals surface area contributed by atoms with Crippen LogP contribution in [-0.4, -0.2) is 18.7 Å². The maximum atomic E-state index is 11.7. The molecule has 2 aromatic carbocycles. The summed E-state index contributed by atoms with van der Waals surface area (Å²) in [6.45, 7) is 2.03. The first-order valence-corrected chi connectivity index (χ1v) is 6.50. The third kappa shape index (κ3) is 4.35. The molecule has 0 saturated heterocycles. The van der Waals surface area contributed by atoms with Crippen LogP contribution in [0.4, 0.5) is 10.5 Å². The zero-order valence-corrected chi connectivity index (χ0v) is 11.5. The Morgan fingerprint density at radius 1 is 1.05 bits per heavy atom. The number of benzene rings is 2. The molecule has 0 heterocycles. The Morgan fingerprint density at radius 2 is 1.81 bits per heavy atom. The van der Waals surface area contributed by atoms with Crippen molar-refractivity contribution in [3.8, 4) is 5.75 Å². The average molecular weight is 285 g/mol. The standard InChI is InChI=1S/C16H15NO4/c1-2-20-15(18)12-7-6-8-13(11-12)17-16(19)21-14-9-4-3-5-10-14/h3-11H,2H2,1H3,(H,17,19). The molecule has 0 aliphatic carbocycles. The summed E-state index contributed by atoms with van der Waals surface area (Å²) in [7, 11) is 0. The van der Waals surface area contributed by atoms with Gasteiger partial charge in [-0.2, -0.15) is 0 Å². The Hall–Kier alpha value is -2.82. The first kappa shape index (κ1) is 14.6. The van der Waals surface area contributed by atoms with Crippen LogP contribution in [0.3, 0.4) is 0 Å². The van der Waals surface area contributed by atoms with E-state index in [1.165, 1.54) is 6.07 Å². The minimum Gasteiger partial charge on any atom is -0.462 e. The lowest BCUT2D eigenvalue weighted by Crippen LogP contribution is -2.17. The monoisotopic (exact) mass is 285 g/mol. The highest BCUT2D eigenvalue weighted by atomic mass is 16.6. The van der Waals surface area contributed by atoms with E-state index in [0.29, 0.717) is 23.6 Å². The highest BCUT2D eigenvalue weighted by Crippen LogP contribution is 2.14. The predicted octanol–water partition coefficient (Wildman–Crippen LogP) is 3.47. The molecule has 5 heteroatoms. The molecule has 0 bridgehead atoms. The minimum atomic E-state index is -0.623. The molecule has 0 aliphatic heterocycles. The van der Waals surface area contributed by atoms with Crippen molar-refractivity contribution in [3.05, 3.63) is 60.2 Å². The Labute approximate surface area is 122 Å². The first-order chi connectivity index (χ1) is 10.2. The van der Waals surface area contributed by atoms with Crippen LogP contribution < -0.4 is 10.1 Å². The Kier molecular flexibility index (Phi) is 4.93. The molecular formula is C16H15NO4. The molecule has 2 rings (SSSR count). The Bertz CT molecular complexity index is 625. The van der Waals surface area contributed by atoms with E-state index in [4.69, 9.17) is 9.47 Å². The van der Waals surface area contributed by atoms with Gasteiger partial charge in [-0.3, -0.25) is 5.32 Å². The molecule has 0 unspecified atom stereocenters. The molecule has 0 aromatic heterocycles. The van der Waals surface area contributed by atoms with Crippen molar-refractivity contribution in [3.63, 3.8) is 0 Å². The molecule has 0 spiro atoms. The zero-order valence-electron chi connectivity index (χ0n) is 11.5. The maximum absolute atomic E-state index is 11.7. The van der Waals surface area contributed by atoms with E-state index < -0.39 is 12.1 Å². The van der Waals surface area contributed by atoms with Gasteiger partial charge in [0.05, 0.1) is 12.2 Å². The van der Waals surface area contributed by atoms with Crippen LogP contribution in [0, 0.1) is 0 Å². The highest BCUT2D eigenvalue weighted by molar-refractivity contribution is 5.92. The second kappa shape index (κ2) is 7.09. The van der Waals surface area contributed by atoms with Gasteiger partial charge in [-0.25, -0.2) is 9.59 Å². The fourth-order valence-electron chi connectivity index (χ4n) is 1.68.